The number of nitrogens with zero attached hydrogens (tertiary/aromatic N) is 1. The normalized spacial score (nSPS) is 15.0. The van der Waals surface area contributed by atoms with Gasteiger partial charge in [0.05, 0.1) is 39.9 Å². The third-order valence-corrected chi connectivity index (χ3v) is 10.6. The van der Waals surface area contributed by atoms with Gasteiger partial charge in [0, 0.05) is 6.42 Å². The van der Waals surface area contributed by atoms with Gasteiger partial charge in [-0.2, -0.15) is 0 Å². The lowest BCUT2D eigenvalue weighted by molar-refractivity contribution is -0.870. The van der Waals surface area contributed by atoms with Crippen LogP contribution in [0.3, 0.4) is 0 Å². The van der Waals surface area contributed by atoms with Crippen molar-refractivity contribution < 1.29 is 32.9 Å². The molecule has 0 bridgehead atoms. The number of allylic oxidation sites excluding steroid dienone is 11. The third kappa shape index (κ3) is 41.9. The Hall–Kier alpha value is -2.06. The Balaban J connectivity index is 4.48. The van der Waals surface area contributed by atoms with Crippen LogP contribution in [0.2, 0.25) is 0 Å². The minimum absolute atomic E-state index is 0.0153. The molecule has 0 heterocycles. The Bertz CT molecular complexity index is 1160. The molecule has 3 atom stereocenters. The van der Waals surface area contributed by atoms with Crippen molar-refractivity contribution in [2.24, 2.45) is 0 Å². The highest BCUT2D eigenvalue weighted by molar-refractivity contribution is 7.45. The van der Waals surface area contributed by atoms with E-state index in [2.05, 4.69) is 79.9 Å². The molecule has 0 fully saturated rings. The number of likely N-dealkylation sites (N-methyl/N-ethyl adjacent to an activating group) is 1. The molecular weight excluding hydrogens is 732 g/mol. The summed E-state index contributed by atoms with van der Waals surface area (Å²) in [4.78, 5) is 25.3. The van der Waals surface area contributed by atoms with E-state index in [1.165, 1.54) is 77.0 Å². The number of rotatable bonds is 40. The number of hydrogen-bond acceptors (Lipinski definition) is 6. The van der Waals surface area contributed by atoms with Crippen LogP contribution in [0.15, 0.2) is 72.9 Å². The van der Waals surface area contributed by atoms with Crippen LogP contribution in [-0.4, -0.2) is 68.5 Å². The summed E-state index contributed by atoms with van der Waals surface area (Å²) in [6, 6.07) is -0.919. The number of phosphoric ester groups is 1. The molecule has 330 valence electrons. The lowest BCUT2D eigenvalue weighted by Crippen LogP contribution is -2.45. The molecule has 0 aromatic heterocycles. The molecule has 1 amide bonds. The number of unbranched alkanes of at least 4 members (excludes halogenated alkanes) is 17. The predicted octanol–water partition coefficient (Wildman–Crippen LogP) is 12.2. The zero-order chi connectivity index (χ0) is 42.1. The summed E-state index contributed by atoms with van der Waals surface area (Å²) in [5.41, 5.74) is 0. The Kier molecular flexibility index (Phi) is 38.0. The summed E-state index contributed by atoms with van der Waals surface area (Å²) in [6.07, 6.45) is 52.3. The second-order valence-electron chi connectivity index (χ2n) is 16.4. The van der Waals surface area contributed by atoms with Crippen LogP contribution in [0.4, 0.5) is 0 Å². The van der Waals surface area contributed by atoms with E-state index in [0.29, 0.717) is 17.4 Å². The van der Waals surface area contributed by atoms with E-state index in [0.717, 1.165) is 77.0 Å². The van der Waals surface area contributed by atoms with Gasteiger partial charge < -0.3 is 28.8 Å². The minimum Gasteiger partial charge on any atom is -0.756 e. The Morgan fingerprint density at radius 2 is 1.04 bits per heavy atom. The molecule has 2 N–H and O–H groups in total. The molecule has 0 aromatic rings. The maximum Gasteiger partial charge on any atom is 0.268 e. The fourth-order valence-electron chi connectivity index (χ4n) is 5.95. The van der Waals surface area contributed by atoms with E-state index in [1.54, 1.807) is 6.08 Å². The molecule has 0 aliphatic heterocycles. The van der Waals surface area contributed by atoms with E-state index in [9.17, 15) is 19.4 Å². The number of aliphatic hydroxyl groups excluding tert-OH is 1. The molecule has 9 heteroatoms. The first kappa shape index (κ1) is 54.9. The van der Waals surface area contributed by atoms with Crippen molar-refractivity contribution in [2.45, 2.75) is 187 Å². The number of hydrogen-bond donors (Lipinski definition) is 2. The smallest absolute Gasteiger partial charge is 0.268 e. The highest BCUT2D eigenvalue weighted by atomic mass is 31.2. The van der Waals surface area contributed by atoms with Crippen molar-refractivity contribution >= 4 is 13.7 Å². The van der Waals surface area contributed by atoms with Crippen LogP contribution in [0.5, 0.6) is 0 Å². The lowest BCUT2D eigenvalue weighted by Gasteiger charge is -2.29. The number of carbonyl (C=O) groups is 1. The SMILES string of the molecule is CCCCCC/C=C/CC/C=C/CC/C=C/C(O)C(COP(=O)([O-])OCC[N+](C)(C)C)NC(=O)CCCCCCCC/C=C\C/C=C\C/C=C\CCCCCCC. The number of phosphoric acid groups is 1. The summed E-state index contributed by atoms with van der Waals surface area (Å²) < 4.78 is 23.2. The van der Waals surface area contributed by atoms with Gasteiger partial charge in [0.25, 0.3) is 7.82 Å². The topological polar surface area (TPSA) is 108 Å². The Labute approximate surface area is 351 Å². The van der Waals surface area contributed by atoms with Gasteiger partial charge in [-0.3, -0.25) is 9.36 Å². The lowest BCUT2D eigenvalue weighted by atomic mass is 10.1. The first-order chi connectivity index (χ1) is 27.5. The van der Waals surface area contributed by atoms with E-state index < -0.39 is 26.6 Å². The fourth-order valence-corrected chi connectivity index (χ4v) is 6.68. The molecule has 57 heavy (non-hydrogen) atoms. The highest BCUT2D eigenvalue weighted by Gasteiger charge is 2.23. The fraction of sp³-hybridized carbons (Fsp3) is 0.729. The van der Waals surface area contributed by atoms with E-state index in [1.807, 2.05) is 27.2 Å². The molecule has 0 aromatic carbocycles. The van der Waals surface area contributed by atoms with Crippen LogP contribution in [-0.2, 0) is 18.4 Å². The van der Waals surface area contributed by atoms with Crippen LogP contribution in [0, 0.1) is 0 Å². The predicted molar refractivity (Wildman–Crippen MR) is 242 cm³/mol. The van der Waals surface area contributed by atoms with Crippen molar-refractivity contribution in [3.05, 3.63) is 72.9 Å². The first-order valence-corrected chi connectivity index (χ1v) is 24.3. The van der Waals surface area contributed by atoms with Crippen molar-refractivity contribution in [1.29, 1.82) is 0 Å². The van der Waals surface area contributed by atoms with Gasteiger partial charge in [-0.1, -0.05) is 157 Å². The van der Waals surface area contributed by atoms with E-state index in [-0.39, 0.29) is 12.5 Å². The molecule has 0 rings (SSSR count). The van der Waals surface area contributed by atoms with Crippen LogP contribution >= 0.6 is 7.82 Å². The van der Waals surface area contributed by atoms with Crippen molar-refractivity contribution in [1.82, 2.24) is 5.32 Å². The molecule has 0 aliphatic carbocycles. The average Bonchev–Trinajstić information content (AvgIpc) is 3.16. The number of nitrogens with one attached hydrogen (secondary N) is 1. The monoisotopic (exact) mass is 819 g/mol. The van der Waals surface area contributed by atoms with Gasteiger partial charge in [0.1, 0.15) is 13.2 Å². The average molecular weight is 819 g/mol. The number of aliphatic hydroxyl groups is 1. The zero-order valence-electron chi connectivity index (χ0n) is 37.3. The Morgan fingerprint density at radius 3 is 1.56 bits per heavy atom. The molecule has 0 saturated heterocycles. The number of quaternary nitrogens is 1. The summed E-state index contributed by atoms with van der Waals surface area (Å²) in [7, 11) is 1.21. The van der Waals surface area contributed by atoms with Crippen molar-refractivity contribution in [3.8, 4) is 0 Å². The van der Waals surface area contributed by atoms with E-state index in [4.69, 9.17) is 9.05 Å². The van der Waals surface area contributed by atoms with Crippen molar-refractivity contribution in [3.63, 3.8) is 0 Å². The number of amides is 1. The zero-order valence-corrected chi connectivity index (χ0v) is 38.2. The van der Waals surface area contributed by atoms with Gasteiger partial charge in [-0.25, -0.2) is 0 Å². The van der Waals surface area contributed by atoms with Gasteiger partial charge >= 0.3 is 0 Å². The first-order valence-electron chi connectivity index (χ1n) is 22.8. The van der Waals surface area contributed by atoms with Gasteiger partial charge in [0.2, 0.25) is 5.91 Å². The molecular formula is C48H87N2O6P. The van der Waals surface area contributed by atoms with Gasteiger partial charge in [0.15, 0.2) is 0 Å². The quantitative estimate of drug-likeness (QED) is 0.0276. The highest BCUT2D eigenvalue weighted by Crippen LogP contribution is 2.38. The second-order valence-corrected chi connectivity index (χ2v) is 17.8. The molecule has 8 nitrogen and oxygen atoms in total. The van der Waals surface area contributed by atoms with Crippen LogP contribution < -0.4 is 10.2 Å². The third-order valence-electron chi connectivity index (χ3n) is 9.62. The maximum absolute atomic E-state index is 12.9. The molecule has 0 radical (unpaired) electrons. The van der Waals surface area contributed by atoms with E-state index >= 15 is 0 Å². The van der Waals surface area contributed by atoms with Crippen molar-refractivity contribution in [2.75, 3.05) is 40.9 Å². The molecule has 0 aliphatic rings. The van der Waals surface area contributed by atoms with Gasteiger partial charge in [-0.05, 0) is 83.5 Å². The summed E-state index contributed by atoms with van der Waals surface area (Å²) in [6.45, 7) is 4.55. The molecule has 3 unspecified atom stereocenters. The molecule has 0 saturated carbocycles. The van der Waals surface area contributed by atoms with Crippen LogP contribution in [0.1, 0.15) is 174 Å². The summed E-state index contributed by atoms with van der Waals surface area (Å²) >= 11 is 0. The second kappa shape index (κ2) is 39.4. The standard InChI is InChI=1S/C48H87N2O6P/c1-6-8-10-12-14-16-18-20-22-23-24-25-26-27-28-30-32-34-36-38-40-42-48(52)49-46(45-56-57(53,54)55-44-43-50(3,4)5)47(51)41-39-37-35-33-31-29-21-19-17-15-13-11-9-7-2/h17-20,23-24,26-27,31,33,39,41,46-47,51H,6-16,21-22,25,28-30,32,34-38,40,42-45H2,1-5H3,(H-,49,52,53,54)/b19-17+,20-18-,24-23-,27-26-,33-31+,41-39+. The number of carbonyl (C=O) groups excluding carboxylic acids is 1. The Morgan fingerprint density at radius 1 is 0.614 bits per heavy atom. The van der Waals surface area contributed by atoms with Crippen LogP contribution in [0.25, 0.3) is 0 Å². The van der Waals surface area contributed by atoms with Gasteiger partial charge in [-0.15, -0.1) is 0 Å². The summed E-state index contributed by atoms with van der Waals surface area (Å²) in [5, 5.41) is 13.7. The summed E-state index contributed by atoms with van der Waals surface area (Å²) in [5.74, 6) is -0.228. The maximum atomic E-state index is 12.9. The minimum atomic E-state index is -4.61. The molecule has 0 spiro atoms. The largest absolute Gasteiger partial charge is 0.756 e.